The molecule has 0 bridgehead atoms. The van der Waals surface area contributed by atoms with Crippen molar-refractivity contribution in [3.05, 3.63) is 240 Å². The van der Waals surface area contributed by atoms with Crippen LogP contribution in [-0.2, 0) is 5.41 Å². The molecule has 11 rings (SSSR count). The lowest BCUT2D eigenvalue weighted by Crippen LogP contribution is -2.45. The monoisotopic (exact) mass is 855 g/mol. The van der Waals surface area contributed by atoms with Gasteiger partial charge in [-0.3, -0.25) is 0 Å². The van der Waals surface area contributed by atoms with Gasteiger partial charge in [0.05, 0.1) is 11.4 Å². The summed E-state index contributed by atoms with van der Waals surface area (Å²) >= 11 is 1.98. The van der Waals surface area contributed by atoms with Crippen molar-refractivity contribution in [3.8, 4) is 11.1 Å². The molecule has 0 aromatic heterocycles. The summed E-state index contributed by atoms with van der Waals surface area (Å²) in [6, 6.07) is 78.0. The molecule has 0 unspecified atom stereocenters. The van der Waals surface area contributed by atoms with E-state index in [4.69, 9.17) is 0 Å². The van der Waals surface area contributed by atoms with Crippen LogP contribution in [0.4, 0.5) is 51.2 Å². The smallest absolute Gasteiger partial charge is 0.281 e. The highest BCUT2D eigenvalue weighted by atomic mass is 32.2. The van der Waals surface area contributed by atoms with Crippen LogP contribution < -0.4 is 25.6 Å². The molecule has 0 amide bonds. The van der Waals surface area contributed by atoms with E-state index in [0.717, 1.165) is 39.8 Å². The van der Waals surface area contributed by atoms with Gasteiger partial charge in [-0.15, -0.1) is 0 Å². The van der Waals surface area contributed by atoms with Gasteiger partial charge in [0.2, 0.25) is 0 Å². The third-order valence-corrected chi connectivity index (χ3v) is 14.7. The molecule has 0 fully saturated rings. The third-order valence-electron chi connectivity index (χ3n) is 13.4. The van der Waals surface area contributed by atoms with Gasteiger partial charge in [-0.05, 0) is 146 Å². The molecule has 3 nitrogen and oxygen atoms in total. The number of anilines is 9. The van der Waals surface area contributed by atoms with Gasteiger partial charge < -0.3 is 14.7 Å². The Labute approximate surface area is 388 Å². The summed E-state index contributed by atoms with van der Waals surface area (Å²) in [6.45, 7) is 11.6. The number of nitrogens with zero attached hydrogens (tertiary/aromatic N) is 3. The summed E-state index contributed by atoms with van der Waals surface area (Å²) in [5.74, 6) is 0.184. The lowest BCUT2D eigenvalue weighted by Gasteiger charge is -2.43. The van der Waals surface area contributed by atoms with Gasteiger partial charge in [-0.1, -0.05) is 151 Å². The Bertz CT molecular complexity index is 2970. The normalized spacial score (nSPS) is 13.3. The second-order valence-electron chi connectivity index (χ2n) is 18.0. The molecule has 2 aliphatic heterocycles. The zero-order valence-electron chi connectivity index (χ0n) is 37.5. The molecule has 0 atom stereocenters. The maximum Gasteiger partial charge on any atom is 0.281 e. The molecule has 0 saturated carbocycles. The minimum absolute atomic E-state index is 0.184. The molecule has 0 radical (unpaired) electrons. The van der Waals surface area contributed by atoms with Crippen molar-refractivity contribution >= 4 is 79.7 Å². The number of hydrogen-bond donors (Lipinski definition) is 0. The van der Waals surface area contributed by atoms with Crippen LogP contribution in [0.5, 0.6) is 0 Å². The van der Waals surface area contributed by atoms with Gasteiger partial charge in [-0.2, -0.15) is 11.6 Å². The maximum absolute atomic E-state index is 2.52. The van der Waals surface area contributed by atoms with Crippen LogP contribution in [0.25, 0.3) is 11.1 Å². The molecule has 0 spiro atoms. The Morgan fingerprint density at radius 1 is 0.431 bits per heavy atom. The molecule has 314 valence electrons. The Morgan fingerprint density at radius 2 is 0.877 bits per heavy atom. The number of benzene rings is 9. The van der Waals surface area contributed by atoms with Gasteiger partial charge in [0, 0.05) is 50.1 Å². The quantitative estimate of drug-likeness (QED) is 0.141. The predicted octanol–water partition coefficient (Wildman–Crippen LogP) is 15.5. The Balaban J connectivity index is 1.14. The van der Waals surface area contributed by atoms with E-state index in [9.17, 15) is 0 Å². The topological polar surface area (TPSA) is 9.72 Å². The van der Waals surface area contributed by atoms with Crippen LogP contribution in [-0.4, -0.2) is 5.99 Å². The second-order valence-corrected chi connectivity index (χ2v) is 19.1. The average molecular weight is 856 g/mol. The summed E-state index contributed by atoms with van der Waals surface area (Å²) in [4.78, 5) is 8.60. The van der Waals surface area contributed by atoms with Crippen molar-refractivity contribution in [2.45, 2.75) is 44.9 Å². The van der Waals surface area contributed by atoms with Gasteiger partial charge in [0.15, 0.2) is 0 Å². The maximum atomic E-state index is 2.52. The molecule has 9 aromatic carbocycles. The van der Waals surface area contributed by atoms with Gasteiger partial charge in [0.25, 0.3) is 5.99 Å². The SMILES string of the molecule is Cc1cc(C)c(B2Sc3ccccc3-c3cc(N4c5ccc(N(c6ccccc6)c6ccccc6)cc5C(C)(C)c5cc(N(c6ccccc6)c6ccccc6)ccc54)ccc32)c(C)c1. The van der Waals surface area contributed by atoms with Crippen molar-refractivity contribution < 1.29 is 0 Å². The summed E-state index contributed by atoms with van der Waals surface area (Å²) in [7, 11) is 0. The van der Waals surface area contributed by atoms with E-state index in [0.29, 0.717) is 0 Å². The zero-order chi connectivity index (χ0) is 44.2. The van der Waals surface area contributed by atoms with Crippen LogP contribution in [0.3, 0.4) is 0 Å². The number of para-hydroxylation sites is 4. The molecule has 0 aliphatic carbocycles. The summed E-state index contributed by atoms with van der Waals surface area (Å²) < 4.78 is 0. The fraction of sp³-hybridized carbons (Fsp3) is 0.100. The first kappa shape index (κ1) is 40.6. The van der Waals surface area contributed by atoms with Crippen molar-refractivity contribution in [1.29, 1.82) is 0 Å². The molecular weight excluding hydrogens is 806 g/mol. The van der Waals surface area contributed by atoms with E-state index in [-0.39, 0.29) is 11.4 Å². The lowest BCUT2D eigenvalue weighted by molar-refractivity contribution is 0.632. The van der Waals surface area contributed by atoms with E-state index in [1.165, 1.54) is 66.1 Å². The fourth-order valence-electron chi connectivity index (χ4n) is 10.4. The van der Waals surface area contributed by atoms with Gasteiger partial charge >= 0.3 is 0 Å². The molecule has 9 aromatic rings. The summed E-state index contributed by atoms with van der Waals surface area (Å²) in [5.41, 5.74) is 21.7. The highest BCUT2D eigenvalue weighted by Crippen LogP contribution is 2.55. The summed E-state index contributed by atoms with van der Waals surface area (Å²) in [5, 5.41) is 0. The summed E-state index contributed by atoms with van der Waals surface area (Å²) in [6.07, 6.45) is 0. The fourth-order valence-corrected chi connectivity index (χ4v) is 12.0. The second kappa shape index (κ2) is 16.4. The number of rotatable bonds is 8. The number of hydrogen-bond acceptors (Lipinski definition) is 4. The molecular formula is C60H50BN3S. The third kappa shape index (κ3) is 7.12. The number of fused-ring (bicyclic) bond motifs is 5. The Kier molecular flexibility index (Phi) is 10.2. The van der Waals surface area contributed by atoms with Crippen molar-refractivity contribution in [3.63, 3.8) is 0 Å². The van der Waals surface area contributed by atoms with E-state index in [1.807, 2.05) is 11.6 Å². The van der Waals surface area contributed by atoms with E-state index in [2.05, 4.69) is 262 Å². The number of aryl methyl sites for hydroxylation is 3. The van der Waals surface area contributed by atoms with Gasteiger partial charge in [-0.25, -0.2) is 0 Å². The highest BCUT2D eigenvalue weighted by molar-refractivity contribution is 8.28. The van der Waals surface area contributed by atoms with Crippen LogP contribution in [0.2, 0.25) is 0 Å². The molecule has 0 saturated heterocycles. The van der Waals surface area contributed by atoms with Crippen molar-refractivity contribution in [2.24, 2.45) is 0 Å². The van der Waals surface area contributed by atoms with Crippen LogP contribution in [0.15, 0.2) is 217 Å². The predicted molar refractivity (Wildman–Crippen MR) is 280 cm³/mol. The molecule has 65 heavy (non-hydrogen) atoms. The lowest BCUT2D eigenvalue weighted by atomic mass is 9.56. The molecule has 0 N–H and O–H groups in total. The average Bonchev–Trinajstić information content (AvgIpc) is 3.33. The van der Waals surface area contributed by atoms with Crippen LogP contribution in [0.1, 0.15) is 41.7 Å². The van der Waals surface area contributed by atoms with Crippen molar-refractivity contribution in [1.82, 2.24) is 0 Å². The largest absolute Gasteiger partial charge is 0.310 e. The minimum atomic E-state index is -0.381. The van der Waals surface area contributed by atoms with Crippen LogP contribution in [0, 0.1) is 20.8 Å². The minimum Gasteiger partial charge on any atom is -0.310 e. The first-order valence-corrected chi connectivity index (χ1v) is 23.5. The van der Waals surface area contributed by atoms with Crippen LogP contribution >= 0.6 is 11.6 Å². The zero-order valence-corrected chi connectivity index (χ0v) is 38.4. The van der Waals surface area contributed by atoms with Gasteiger partial charge in [0.1, 0.15) is 0 Å². The van der Waals surface area contributed by atoms with E-state index < -0.39 is 0 Å². The molecule has 5 heteroatoms. The molecule has 2 aliphatic rings. The van der Waals surface area contributed by atoms with Crippen molar-refractivity contribution in [2.75, 3.05) is 14.7 Å². The van der Waals surface area contributed by atoms with E-state index in [1.54, 1.807) is 0 Å². The first-order valence-electron chi connectivity index (χ1n) is 22.6. The first-order chi connectivity index (χ1) is 31.7. The highest BCUT2D eigenvalue weighted by Gasteiger charge is 2.40. The van der Waals surface area contributed by atoms with E-state index >= 15 is 0 Å². The molecule has 2 heterocycles. The Hall–Kier alpha value is -7.21. The standard InChI is InChI=1S/C60H50BN3S/c1-41-36-42(2)59(43(3)37-41)61-55-33-30-48(38-52(55)51-28-18-19-29-58(51)65-61)64-56-34-31-49(62(44-20-10-6-11-21-44)45-22-12-7-13-23-45)39-53(56)60(4,5)54-40-50(32-35-57(54)64)63(46-24-14-8-15-25-46)47-26-16-9-17-27-47/h6-40H,1-5H3. The Morgan fingerprint density at radius 3 is 1.35 bits per heavy atom.